The Morgan fingerprint density at radius 3 is 2.85 bits per heavy atom. The average Bonchev–Trinajstić information content (AvgIpc) is 2.44. The summed E-state index contributed by atoms with van der Waals surface area (Å²) in [5.74, 6) is 1.51. The van der Waals surface area contributed by atoms with Crippen LogP contribution in [-0.4, -0.2) is 12.3 Å². The SMILES string of the molecule is CCCC1CCC(C)CC1Nc1ccc(C=O)cc1N. The van der Waals surface area contributed by atoms with E-state index < -0.39 is 0 Å². The Bertz CT molecular complexity index is 458. The molecule has 1 aliphatic rings. The van der Waals surface area contributed by atoms with E-state index in [1.807, 2.05) is 12.1 Å². The predicted molar refractivity (Wildman–Crippen MR) is 85.1 cm³/mol. The number of rotatable bonds is 5. The maximum atomic E-state index is 10.8. The Labute approximate surface area is 121 Å². The highest BCUT2D eigenvalue weighted by Crippen LogP contribution is 2.34. The Balaban J connectivity index is 2.11. The standard InChI is InChI=1S/C17H26N2O/c1-3-4-14-7-5-12(2)9-17(14)19-16-8-6-13(11-20)10-15(16)18/h6,8,10-12,14,17,19H,3-5,7,9,18H2,1-2H3. The summed E-state index contributed by atoms with van der Waals surface area (Å²) in [6, 6.07) is 6.01. The van der Waals surface area contributed by atoms with Gasteiger partial charge in [0.1, 0.15) is 6.29 Å². The molecule has 0 radical (unpaired) electrons. The Hall–Kier alpha value is -1.51. The fourth-order valence-electron chi connectivity index (χ4n) is 3.32. The average molecular weight is 274 g/mol. The van der Waals surface area contributed by atoms with Gasteiger partial charge < -0.3 is 11.1 Å². The van der Waals surface area contributed by atoms with Crippen LogP contribution in [0.4, 0.5) is 11.4 Å². The van der Waals surface area contributed by atoms with Crippen molar-refractivity contribution in [1.82, 2.24) is 0 Å². The number of benzene rings is 1. The van der Waals surface area contributed by atoms with Crippen molar-refractivity contribution in [3.05, 3.63) is 23.8 Å². The van der Waals surface area contributed by atoms with Crippen LogP contribution >= 0.6 is 0 Å². The van der Waals surface area contributed by atoms with E-state index in [9.17, 15) is 4.79 Å². The molecule has 3 atom stereocenters. The molecule has 1 aliphatic carbocycles. The van der Waals surface area contributed by atoms with E-state index in [1.54, 1.807) is 6.07 Å². The van der Waals surface area contributed by atoms with E-state index in [0.29, 0.717) is 17.3 Å². The lowest BCUT2D eigenvalue weighted by atomic mass is 9.77. The summed E-state index contributed by atoms with van der Waals surface area (Å²) in [7, 11) is 0. The zero-order valence-corrected chi connectivity index (χ0v) is 12.6. The summed E-state index contributed by atoms with van der Waals surface area (Å²) in [6.07, 6.45) is 7.19. The highest BCUT2D eigenvalue weighted by Gasteiger charge is 2.28. The van der Waals surface area contributed by atoms with Crippen molar-refractivity contribution in [3.8, 4) is 0 Å². The number of hydrogen-bond acceptors (Lipinski definition) is 3. The second-order valence-corrected chi connectivity index (χ2v) is 6.18. The molecule has 3 unspecified atom stereocenters. The quantitative estimate of drug-likeness (QED) is 0.628. The van der Waals surface area contributed by atoms with Crippen LogP contribution in [0.1, 0.15) is 56.3 Å². The van der Waals surface area contributed by atoms with Gasteiger partial charge in [-0.2, -0.15) is 0 Å². The van der Waals surface area contributed by atoms with Crippen molar-refractivity contribution in [2.24, 2.45) is 11.8 Å². The minimum absolute atomic E-state index is 0.503. The summed E-state index contributed by atoms with van der Waals surface area (Å²) in [5.41, 5.74) is 8.32. The maximum absolute atomic E-state index is 10.8. The molecule has 20 heavy (non-hydrogen) atoms. The van der Waals surface area contributed by atoms with Gasteiger partial charge in [0.25, 0.3) is 0 Å². The molecule has 1 aromatic rings. The predicted octanol–water partition coefficient (Wildman–Crippen LogP) is 4.10. The molecule has 0 aliphatic heterocycles. The van der Waals surface area contributed by atoms with Crippen molar-refractivity contribution in [2.45, 2.75) is 52.0 Å². The first-order valence-corrected chi connectivity index (χ1v) is 7.75. The Morgan fingerprint density at radius 2 is 2.20 bits per heavy atom. The largest absolute Gasteiger partial charge is 0.397 e. The van der Waals surface area contributed by atoms with Crippen LogP contribution in [0.2, 0.25) is 0 Å². The second-order valence-electron chi connectivity index (χ2n) is 6.18. The van der Waals surface area contributed by atoms with Gasteiger partial charge in [-0.1, -0.05) is 26.7 Å². The molecular weight excluding hydrogens is 248 g/mol. The van der Waals surface area contributed by atoms with Crippen LogP contribution < -0.4 is 11.1 Å². The number of nitrogens with two attached hydrogens (primary N) is 1. The molecule has 0 amide bonds. The number of anilines is 2. The van der Waals surface area contributed by atoms with Crippen LogP contribution in [0, 0.1) is 11.8 Å². The molecule has 1 aromatic carbocycles. The van der Waals surface area contributed by atoms with Crippen molar-refractivity contribution in [3.63, 3.8) is 0 Å². The highest BCUT2D eigenvalue weighted by molar-refractivity contribution is 5.80. The first-order valence-electron chi connectivity index (χ1n) is 7.75. The first kappa shape index (κ1) is 14.9. The highest BCUT2D eigenvalue weighted by atomic mass is 16.1. The van der Waals surface area contributed by atoms with Crippen LogP contribution in [0.3, 0.4) is 0 Å². The van der Waals surface area contributed by atoms with Crippen LogP contribution in [-0.2, 0) is 0 Å². The number of nitrogens with one attached hydrogen (secondary N) is 1. The van der Waals surface area contributed by atoms with Gasteiger partial charge >= 0.3 is 0 Å². The van der Waals surface area contributed by atoms with E-state index >= 15 is 0 Å². The molecule has 1 saturated carbocycles. The molecule has 3 N–H and O–H groups in total. The molecule has 2 rings (SSSR count). The molecule has 3 heteroatoms. The maximum Gasteiger partial charge on any atom is 0.150 e. The van der Waals surface area contributed by atoms with Crippen molar-refractivity contribution in [2.75, 3.05) is 11.1 Å². The molecule has 110 valence electrons. The molecule has 1 fully saturated rings. The molecule has 0 aromatic heterocycles. The number of carbonyl (C=O) groups is 1. The number of hydrogen-bond donors (Lipinski definition) is 2. The fraction of sp³-hybridized carbons (Fsp3) is 0.588. The van der Waals surface area contributed by atoms with Gasteiger partial charge in [-0.25, -0.2) is 0 Å². The van der Waals surface area contributed by atoms with Crippen LogP contribution in [0.15, 0.2) is 18.2 Å². The van der Waals surface area contributed by atoms with E-state index in [1.165, 1.54) is 32.1 Å². The van der Waals surface area contributed by atoms with E-state index in [2.05, 4.69) is 19.2 Å². The zero-order valence-electron chi connectivity index (χ0n) is 12.6. The second kappa shape index (κ2) is 6.78. The smallest absolute Gasteiger partial charge is 0.150 e. The third kappa shape index (κ3) is 3.53. The monoisotopic (exact) mass is 274 g/mol. The molecule has 0 heterocycles. The van der Waals surface area contributed by atoms with Crippen molar-refractivity contribution in [1.29, 1.82) is 0 Å². The lowest BCUT2D eigenvalue weighted by Crippen LogP contribution is -2.35. The third-order valence-corrected chi connectivity index (χ3v) is 4.47. The Kier molecular flexibility index (Phi) is 5.05. The summed E-state index contributed by atoms with van der Waals surface area (Å²) in [6.45, 7) is 4.58. The minimum atomic E-state index is 0.503. The summed E-state index contributed by atoms with van der Waals surface area (Å²) in [5, 5.41) is 3.62. The zero-order chi connectivity index (χ0) is 14.5. The summed E-state index contributed by atoms with van der Waals surface area (Å²) >= 11 is 0. The topological polar surface area (TPSA) is 55.1 Å². The van der Waals surface area contributed by atoms with Crippen molar-refractivity contribution >= 4 is 17.7 Å². The number of aldehydes is 1. The van der Waals surface area contributed by atoms with Gasteiger partial charge in [-0.3, -0.25) is 4.79 Å². The van der Waals surface area contributed by atoms with Gasteiger partial charge in [0, 0.05) is 11.6 Å². The fourth-order valence-corrected chi connectivity index (χ4v) is 3.32. The van der Waals surface area contributed by atoms with Gasteiger partial charge in [0.15, 0.2) is 0 Å². The summed E-state index contributed by atoms with van der Waals surface area (Å²) < 4.78 is 0. The normalized spacial score (nSPS) is 26.2. The van der Waals surface area contributed by atoms with Gasteiger partial charge in [0.2, 0.25) is 0 Å². The van der Waals surface area contributed by atoms with E-state index in [0.717, 1.165) is 23.8 Å². The summed E-state index contributed by atoms with van der Waals surface area (Å²) in [4.78, 5) is 10.8. The van der Waals surface area contributed by atoms with Crippen LogP contribution in [0.5, 0.6) is 0 Å². The Morgan fingerprint density at radius 1 is 1.40 bits per heavy atom. The molecule has 3 nitrogen and oxygen atoms in total. The lowest BCUT2D eigenvalue weighted by Gasteiger charge is -2.36. The van der Waals surface area contributed by atoms with Gasteiger partial charge in [-0.05, 0) is 49.3 Å². The molecular formula is C17H26N2O. The third-order valence-electron chi connectivity index (χ3n) is 4.47. The lowest BCUT2D eigenvalue weighted by molar-refractivity contribution is 0.112. The van der Waals surface area contributed by atoms with Gasteiger partial charge in [0.05, 0.1) is 11.4 Å². The van der Waals surface area contributed by atoms with E-state index in [-0.39, 0.29) is 0 Å². The van der Waals surface area contributed by atoms with E-state index in [4.69, 9.17) is 5.73 Å². The first-order chi connectivity index (χ1) is 9.63. The molecule has 0 spiro atoms. The minimum Gasteiger partial charge on any atom is -0.397 e. The van der Waals surface area contributed by atoms with Gasteiger partial charge in [-0.15, -0.1) is 0 Å². The number of nitrogen functional groups attached to an aromatic ring is 1. The molecule has 0 saturated heterocycles. The molecule has 0 bridgehead atoms. The van der Waals surface area contributed by atoms with Crippen LogP contribution in [0.25, 0.3) is 0 Å². The van der Waals surface area contributed by atoms with Crippen molar-refractivity contribution < 1.29 is 4.79 Å². The number of carbonyl (C=O) groups excluding carboxylic acids is 1.